The van der Waals surface area contributed by atoms with Crippen molar-refractivity contribution in [2.75, 3.05) is 7.05 Å². The molecule has 2 aromatic heterocycles. The van der Waals surface area contributed by atoms with Crippen molar-refractivity contribution in [3.05, 3.63) is 82.8 Å². The van der Waals surface area contributed by atoms with Gasteiger partial charge in [0.1, 0.15) is 22.9 Å². The van der Waals surface area contributed by atoms with Crippen molar-refractivity contribution in [2.24, 2.45) is 0 Å². The van der Waals surface area contributed by atoms with Crippen LogP contribution in [-0.4, -0.2) is 22.9 Å². The molecule has 31 heavy (non-hydrogen) atoms. The largest absolute Gasteiger partial charge is 0.422 e. The number of nitrogens with one attached hydrogen (secondary N) is 1. The number of hydrogen-bond acceptors (Lipinski definition) is 3. The molecule has 0 radical (unpaired) electrons. The fourth-order valence-electron chi connectivity index (χ4n) is 3.11. The number of alkyl halides is 3. The summed E-state index contributed by atoms with van der Waals surface area (Å²) in [6.45, 7) is 3.52. The highest BCUT2D eigenvalue weighted by Crippen LogP contribution is 2.38. The van der Waals surface area contributed by atoms with E-state index in [9.17, 15) is 26.7 Å². The van der Waals surface area contributed by atoms with E-state index in [1.807, 2.05) is 0 Å². The molecule has 2 heterocycles. The summed E-state index contributed by atoms with van der Waals surface area (Å²) in [5, 5.41) is 2.48. The summed E-state index contributed by atoms with van der Waals surface area (Å²) in [7, 11) is 1.47. The summed E-state index contributed by atoms with van der Waals surface area (Å²) in [6.07, 6.45) is -5.19. The Kier molecular flexibility index (Phi) is 5.80. The lowest BCUT2D eigenvalue weighted by molar-refractivity contribution is -0.142. The van der Waals surface area contributed by atoms with Crippen molar-refractivity contribution in [3.63, 3.8) is 0 Å². The molecule has 0 saturated heterocycles. The second kappa shape index (κ2) is 8.05. The lowest BCUT2D eigenvalue weighted by Crippen LogP contribution is -2.25. The van der Waals surface area contributed by atoms with Crippen LogP contribution >= 0.6 is 0 Å². The van der Waals surface area contributed by atoms with Crippen molar-refractivity contribution in [3.8, 4) is 11.3 Å². The molecule has 1 amide bonds. The molecule has 9 heteroatoms. The summed E-state index contributed by atoms with van der Waals surface area (Å²) in [4.78, 5) is 20.6. The van der Waals surface area contributed by atoms with Gasteiger partial charge in [0.05, 0.1) is 17.1 Å². The monoisotopic (exact) mass is 435 g/mol. The first-order chi connectivity index (χ1) is 14.5. The third-order valence-electron chi connectivity index (χ3n) is 4.89. The minimum Gasteiger partial charge on any atom is -0.354 e. The van der Waals surface area contributed by atoms with Crippen molar-refractivity contribution in [2.45, 2.75) is 25.4 Å². The molecule has 0 atom stereocenters. The Balaban J connectivity index is 2.10. The number of carbonyl (C=O) groups is 1. The predicted molar refractivity (Wildman–Crippen MR) is 104 cm³/mol. The SMILES string of the molecule is CNC(=O)c1cccc(C(C)(C)c2cccc(-c3ccc(F)c(C(F)(F)F)c3F)n2)n1. The van der Waals surface area contributed by atoms with Crippen molar-refractivity contribution in [1.29, 1.82) is 0 Å². The third kappa shape index (κ3) is 4.26. The highest BCUT2D eigenvalue weighted by molar-refractivity contribution is 5.92. The van der Waals surface area contributed by atoms with E-state index in [-0.39, 0.29) is 17.3 Å². The molecule has 0 aliphatic rings. The second-order valence-electron chi connectivity index (χ2n) is 7.30. The van der Waals surface area contributed by atoms with E-state index in [0.29, 0.717) is 17.5 Å². The minimum absolute atomic E-state index is 0.0870. The van der Waals surface area contributed by atoms with Crippen LogP contribution in [0.3, 0.4) is 0 Å². The maximum absolute atomic E-state index is 14.6. The standard InChI is InChI=1S/C22H18F5N3O/c1-21(2,17-9-5-7-15(30-17)20(31)28-3)16-8-4-6-14(29-16)12-10-11-13(23)18(19(12)24)22(25,26)27/h4-11H,1-3H3,(H,28,31). The van der Waals surface area contributed by atoms with Crippen LogP contribution in [0.4, 0.5) is 22.0 Å². The molecule has 1 aromatic carbocycles. The Morgan fingerprint density at radius 1 is 0.903 bits per heavy atom. The molecule has 0 bridgehead atoms. The maximum Gasteiger partial charge on any atom is 0.422 e. The van der Waals surface area contributed by atoms with Gasteiger partial charge in [-0.2, -0.15) is 13.2 Å². The smallest absolute Gasteiger partial charge is 0.354 e. The summed E-state index contributed by atoms with van der Waals surface area (Å²) < 4.78 is 67.5. The number of benzene rings is 1. The quantitative estimate of drug-likeness (QED) is 0.579. The van der Waals surface area contributed by atoms with Gasteiger partial charge in [0, 0.05) is 18.0 Å². The second-order valence-corrected chi connectivity index (χ2v) is 7.30. The summed E-state index contributed by atoms with van der Waals surface area (Å²) in [6, 6.07) is 10.8. The molecule has 4 nitrogen and oxygen atoms in total. The number of carbonyl (C=O) groups excluding carboxylic acids is 1. The van der Waals surface area contributed by atoms with Crippen LogP contribution in [0, 0.1) is 11.6 Å². The first kappa shape index (κ1) is 22.3. The molecule has 0 aliphatic carbocycles. The highest BCUT2D eigenvalue weighted by Gasteiger charge is 2.39. The molecule has 162 valence electrons. The Bertz CT molecular complexity index is 1140. The van der Waals surface area contributed by atoms with Gasteiger partial charge in [0.15, 0.2) is 0 Å². The van der Waals surface area contributed by atoms with Crippen molar-refractivity contribution >= 4 is 5.91 Å². The van der Waals surface area contributed by atoms with E-state index in [4.69, 9.17) is 0 Å². The molecular formula is C22H18F5N3O. The molecular weight excluding hydrogens is 417 g/mol. The van der Waals surface area contributed by atoms with Crippen LogP contribution in [0.2, 0.25) is 0 Å². The zero-order valence-electron chi connectivity index (χ0n) is 16.8. The van der Waals surface area contributed by atoms with Crippen LogP contribution < -0.4 is 5.32 Å². The van der Waals surface area contributed by atoms with E-state index in [2.05, 4.69) is 15.3 Å². The van der Waals surface area contributed by atoms with Gasteiger partial charge in [-0.1, -0.05) is 12.1 Å². The van der Waals surface area contributed by atoms with Crippen LogP contribution in [0.5, 0.6) is 0 Å². The summed E-state index contributed by atoms with van der Waals surface area (Å²) in [5.41, 5.74) is -2.35. The number of aromatic nitrogens is 2. The normalized spacial score (nSPS) is 12.0. The number of rotatable bonds is 4. The lowest BCUT2D eigenvalue weighted by atomic mass is 9.84. The summed E-state index contributed by atoms with van der Waals surface area (Å²) in [5.74, 6) is -3.80. The van der Waals surface area contributed by atoms with Crippen molar-refractivity contribution in [1.82, 2.24) is 15.3 Å². The number of amides is 1. The minimum atomic E-state index is -5.19. The van der Waals surface area contributed by atoms with Gasteiger partial charge in [0.25, 0.3) is 5.91 Å². The molecule has 0 spiro atoms. The first-order valence-electron chi connectivity index (χ1n) is 9.19. The molecule has 0 saturated carbocycles. The van der Waals surface area contributed by atoms with Crippen LogP contribution in [0.25, 0.3) is 11.3 Å². The van der Waals surface area contributed by atoms with E-state index in [1.165, 1.54) is 25.2 Å². The number of pyridine rings is 2. The zero-order valence-corrected chi connectivity index (χ0v) is 16.8. The van der Waals surface area contributed by atoms with Gasteiger partial charge in [-0.15, -0.1) is 0 Å². The number of hydrogen-bond donors (Lipinski definition) is 1. The summed E-state index contributed by atoms with van der Waals surface area (Å²) >= 11 is 0. The van der Waals surface area contributed by atoms with Crippen LogP contribution in [0.1, 0.15) is 41.3 Å². The van der Waals surface area contributed by atoms with Gasteiger partial charge >= 0.3 is 6.18 Å². The van der Waals surface area contributed by atoms with E-state index >= 15 is 0 Å². The highest BCUT2D eigenvalue weighted by atomic mass is 19.4. The topological polar surface area (TPSA) is 54.9 Å². The Hall–Kier alpha value is -3.36. The average molecular weight is 435 g/mol. The van der Waals surface area contributed by atoms with Gasteiger partial charge in [-0.25, -0.2) is 13.8 Å². The Morgan fingerprint density at radius 3 is 2.13 bits per heavy atom. The molecule has 1 N–H and O–H groups in total. The maximum atomic E-state index is 14.6. The van der Waals surface area contributed by atoms with Crippen LogP contribution in [-0.2, 0) is 11.6 Å². The van der Waals surface area contributed by atoms with E-state index < -0.39 is 34.4 Å². The molecule has 0 fully saturated rings. The Labute approximate surface area is 175 Å². The fourth-order valence-corrected chi connectivity index (χ4v) is 3.11. The molecule has 0 aliphatic heterocycles. The zero-order chi connectivity index (χ0) is 23.0. The third-order valence-corrected chi connectivity index (χ3v) is 4.89. The lowest BCUT2D eigenvalue weighted by Gasteiger charge is -2.24. The predicted octanol–water partition coefficient (Wildman–Crippen LogP) is 5.13. The van der Waals surface area contributed by atoms with Crippen molar-refractivity contribution < 1.29 is 26.7 Å². The van der Waals surface area contributed by atoms with Gasteiger partial charge < -0.3 is 5.32 Å². The van der Waals surface area contributed by atoms with Gasteiger partial charge in [-0.05, 0) is 50.2 Å². The molecule has 0 unspecified atom stereocenters. The van der Waals surface area contributed by atoms with E-state index in [0.717, 1.165) is 6.07 Å². The Morgan fingerprint density at radius 2 is 1.52 bits per heavy atom. The average Bonchev–Trinajstić information content (AvgIpc) is 2.72. The number of nitrogens with zero attached hydrogens (tertiary/aromatic N) is 2. The van der Waals surface area contributed by atoms with Gasteiger partial charge in [-0.3, -0.25) is 9.78 Å². The number of halogens is 5. The van der Waals surface area contributed by atoms with E-state index in [1.54, 1.807) is 32.0 Å². The fraction of sp³-hybridized carbons (Fsp3) is 0.227. The first-order valence-corrected chi connectivity index (χ1v) is 9.19. The molecule has 3 rings (SSSR count). The van der Waals surface area contributed by atoms with Crippen LogP contribution in [0.15, 0.2) is 48.5 Å². The van der Waals surface area contributed by atoms with Gasteiger partial charge in [0.2, 0.25) is 0 Å². The molecule has 3 aromatic rings.